The highest BCUT2D eigenvalue weighted by Gasteiger charge is 2.21. The van der Waals surface area contributed by atoms with E-state index in [0.717, 1.165) is 12.1 Å². The Labute approximate surface area is 166 Å². The molecule has 0 unspecified atom stereocenters. The molecule has 2 N–H and O–H groups in total. The number of urea groups is 1. The molecule has 1 heterocycles. The maximum Gasteiger partial charge on any atom is 0.319 e. The molecule has 1 saturated carbocycles. The van der Waals surface area contributed by atoms with Gasteiger partial charge in [0.15, 0.2) is 0 Å². The monoisotopic (exact) mass is 383 g/mol. The molecule has 0 saturated heterocycles. The van der Waals surface area contributed by atoms with E-state index in [2.05, 4.69) is 22.5 Å². The van der Waals surface area contributed by atoms with Crippen molar-refractivity contribution in [1.82, 2.24) is 10.3 Å². The normalized spacial score (nSPS) is 19.0. The first kappa shape index (κ1) is 20.1. The zero-order chi connectivity index (χ0) is 19.6. The third kappa shape index (κ3) is 6.53. The van der Waals surface area contributed by atoms with Crippen molar-refractivity contribution in [2.45, 2.75) is 45.3 Å². The van der Waals surface area contributed by atoms with Crippen LogP contribution in [0.15, 0.2) is 48.7 Å². The third-order valence-electron chi connectivity index (χ3n) is 4.96. The number of ether oxygens (including phenoxy) is 2. The lowest BCUT2D eigenvalue weighted by molar-refractivity contribution is -0.00232. The van der Waals surface area contributed by atoms with Gasteiger partial charge in [0.1, 0.15) is 12.4 Å². The molecular weight excluding hydrogens is 354 g/mol. The third-order valence-corrected chi connectivity index (χ3v) is 4.96. The van der Waals surface area contributed by atoms with Gasteiger partial charge < -0.3 is 20.1 Å². The Hall–Kier alpha value is -2.60. The van der Waals surface area contributed by atoms with Crippen LogP contribution >= 0.6 is 0 Å². The summed E-state index contributed by atoms with van der Waals surface area (Å²) in [6.45, 7) is 3.65. The molecule has 0 radical (unpaired) electrons. The molecule has 6 heteroatoms. The van der Waals surface area contributed by atoms with Crippen LogP contribution in [0.3, 0.4) is 0 Å². The van der Waals surface area contributed by atoms with Crippen molar-refractivity contribution in [1.29, 1.82) is 0 Å². The predicted molar refractivity (Wildman–Crippen MR) is 109 cm³/mol. The number of carbonyl (C=O) groups excluding carboxylic acids is 1. The summed E-state index contributed by atoms with van der Waals surface area (Å²) in [5, 5.41) is 5.66. The number of hydrogen-bond acceptors (Lipinski definition) is 4. The van der Waals surface area contributed by atoms with Crippen LogP contribution in [0.2, 0.25) is 0 Å². The topological polar surface area (TPSA) is 72.5 Å². The number of anilines is 1. The molecule has 0 aliphatic heterocycles. The van der Waals surface area contributed by atoms with Gasteiger partial charge in [0, 0.05) is 24.5 Å². The van der Waals surface area contributed by atoms with E-state index in [1.807, 2.05) is 36.4 Å². The van der Waals surface area contributed by atoms with Gasteiger partial charge in [-0.1, -0.05) is 31.9 Å². The number of nitrogens with zero attached hydrogens (tertiary/aromatic N) is 1. The number of benzene rings is 1. The van der Waals surface area contributed by atoms with Gasteiger partial charge in [0.05, 0.1) is 18.4 Å². The van der Waals surface area contributed by atoms with Gasteiger partial charge in [-0.2, -0.15) is 0 Å². The van der Waals surface area contributed by atoms with Gasteiger partial charge >= 0.3 is 6.03 Å². The smallest absolute Gasteiger partial charge is 0.319 e. The molecule has 2 aromatic rings. The van der Waals surface area contributed by atoms with Crippen molar-refractivity contribution in [2.75, 3.05) is 18.5 Å². The number of hydrogen-bond donors (Lipinski definition) is 2. The van der Waals surface area contributed by atoms with Crippen LogP contribution in [0, 0.1) is 5.92 Å². The summed E-state index contributed by atoms with van der Waals surface area (Å²) in [6.07, 6.45) is 6.95. The number of carbonyl (C=O) groups is 1. The average Bonchev–Trinajstić information content (AvgIpc) is 2.72. The van der Waals surface area contributed by atoms with Gasteiger partial charge in [-0.05, 0) is 43.0 Å². The summed E-state index contributed by atoms with van der Waals surface area (Å²) in [5.74, 6) is 1.29. The maximum atomic E-state index is 12.1. The lowest BCUT2D eigenvalue weighted by Gasteiger charge is -2.28. The van der Waals surface area contributed by atoms with E-state index < -0.39 is 0 Å². The van der Waals surface area contributed by atoms with Crippen LogP contribution in [-0.4, -0.2) is 30.3 Å². The standard InChI is InChI=1S/C22H29N3O3/c1-17-7-2-3-11-21(17)27-14-13-24-22(26)25-18-9-6-10-20(15-18)28-16-19-8-4-5-12-23-19/h4-6,8-10,12,15,17,21H,2-3,7,11,13-14,16H2,1H3,(H2,24,25,26)/t17-,21-/m1/s1. The molecule has 1 aromatic carbocycles. The summed E-state index contributed by atoms with van der Waals surface area (Å²) < 4.78 is 11.7. The zero-order valence-electron chi connectivity index (χ0n) is 16.4. The van der Waals surface area contributed by atoms with E-state index in [1.165, 1.54) is 19.3 Å². The van der Waals surface area contributed by atoms with Crippen LogP contribution < -0.4 is 15.4 Å². The minimum absolute atomic E-state index is 0.248. The number of pyridine rings is 1. The molecule has 28 heavy (non-hydrogen) atoms. The van der Waals surface area contributed by atoms with Gasteiger partial charge in [-0.3, -0.25) is 4.98 Å². The van der Waals surface area contributed by atoms with Gasteiger partial charge in [0.2, 0.25) is 0 Å². The van der Waals surface area contributed by atoms with E-state index in [1.54, 1.807) is 12.3 Å². The van der Waals surface area contributed by atoms with Gasteiger partial charge in [0.25, 0.3) is 0 Å². The second-order valence-electron chi connectivity index (χ2n) is 7.19. The van der Waals surface area contributed by atoms with Crippen LogP contribution in [-0.2, 0) is 11.3 Å². The maximum absolute atomic E-state index is 12.1. The van der Waals surface area contributed by atoms with Gasteiger partial charge in [-0.25, -0.2) is 4.79 Å². The largest absolute Gasteiger partial charge is 0.487 e. The number of nitrogens with one attached hydrogen (secondary N) is 2. The fourth-order valence-electron chi connectivity index (χ4n) is 3.38. The zero-order valence-corrected chi connectivity index (χ0v) is 16.4. The molecule has 1 aliphatic carbocycles. The molecule has 2 atom stereocenters. The Bertz CT molecular complexity index is 739. The Morgan fingerprint density at radius 3 is 2.89 bits per heavy atom. The molecule has 6 nitrogen and oxygen atoms in total. The second kappa shape index (κ2) is 10.7. The molecular formula is C22H29N3O3. The van der Waals surface area contributed by atoms with Crippen molar-refractivity contribution >= 4 is 11.7 Å². The highest BCUT2D eigenvalue weighted by atomic mass is 16.5. The van der Waals surface area contributed by atoms with Crippen molar-refractivity contribution < 1.29 is 14.3 Å². The Morgan fingerprint density at radius 2 is 2.07 bits per heavy atom. The first-order valence-electron chi connectivity index (χ1n) is 10.00. The summed E-state index contributed by atoms with van der Waals surface area (Å²) >= 11 is 0. The first-order valence-corrected chi connectivity index (χ1v) is 10.00. The van der Waals surface area contributed by atoms with E-state index in [9.17, 15) is 4.79 Å². The summed E-state index contributed by atoms with van der Waals surface area (Å²) in [7, 11) is 0. The molecule has 3 rings (SSSR count). The Morgan fingerprint density at radius 1 is 1.18 bits per heavy atom. The summed E-state index contributed by atoms with van der Waals surface area (Å²) in [6, 6.07) is 12.8. The molecule has 1 aromatic heterocycles. The van der Waals surface area contributed by atoms with Crippen molar-refractivity contribution in [2.24, 2.45) is 5.92 Å². The SMILES string of the molecule is C[C@@H]1CCCC[C@H]1OCCNC(=O)Nc1cccc(OCc2ccccn2)c1. The second-order valence-corrected chi connectivity index (χ2v) is 7.19. The van der Waals surface area contributed by atoms with Crippen LogP contribution in [0.25, 0.3) is 0 Å². The Balaban J connectivity index is 1.37. The lowest BCUT2D eigenvalue weighted by Crippen LogP contribution is -2.34. The van der Waals surface area contributed by atoms with Crippen LogP contribution in [0.5, 0.6) is 5.75 Å². The number of rotatable bonds is 8. The average molecular weight is 383 g/mol. The summed E-state index contributed by atoms with van der Waals surface area (Å²) in [5.41, 5.74) is 1.53. The molecule has 1 fully saturated rings. The lowest BCUT2D eigenvalue weighted by atomic mass is 9.88. The van der Waals surface area contributed by atoms with E-state index in [4.69, 9.17) is 9.47 Å². The number of aromatic nitrogens is 1. The minimum Gasteiger partial charge on any atom is -0.487 e. The fourth-order valence-corrected chi connectivity index (χ4v) is 3.38. The highest BCUT2D eigenvalue weighted by molar-refractivity contribution is 5.89. The van der Waals surface area contributed by atoms with E-state index in [0.29, 0.717) is 43.2 Å². The highest BCUT2D eigenvalue weighted by Crippen LogP contribution is 2.26. The molecule has 2 amide bonds. The van der Waals surface area contributed by atoms with Crippen molar-refractivity contribution in [3.8, 4) is 5.75 Å². The fraction of sp³-hybridized carbons (Fsp3) is 0.455. The Kier molecular flexibility index (Phi) is 7.67. The molecule has 1 aliphatic rings. The molecule has 0 bridgehead atoms. The van der Waals surface area contributed by atoms with E-state index in [-0.39, 0.29) is 6.03 Å². The van der Waals surface area contributed by atoms with Crippen molar-refractivity contribution in [3.05, 3.63) is 54.4 Å². The van der Waals surface area contributed by atoms with Crippen LogP contribution in [0.4, 0.5) is 10.5 Å². The quantitative estimate of drug-likeness (QED) is 0.664. The van der Waals surface area contributed by atoms with Crippen LogP contribution in [0.1, 0.15) is 38.3 Å². The molecule has 0 spiro atoms. The van der Waals surface area contributed by atoms with E-state index >= 15 is 0 Å². The molecule has 150 valence electrons. The first-order chi connectivity index (χ1) is 13.7. The number of amides is 2. The summed E-state index contributed by atoms with van der Waals surface area (Å²) in [4.78, 5) is 16.3. The van der Waals surface area contributed by atoms with Gasteiger partial charge in [-0.15, -0.1) is 0 Å². The predicted octanol–water partition coefficient (Wildman–Crippen LogP) is 4.38. The minimum atomic E-state index is -0.248. The van der Waals surface area contributed by atoms with Crippen molar-refractivity contribution in [3.63, 3.8) is 0 Å².